The number of hydrogen-bond donors (Lipinski definition) is 2. The Balaban J connectivity index is 2.01. The third-order valence-corrected chi connectivity index (χ3v) is 5.04. The largest absolute Gasteiger partial charge is 0.481 e. The van der Waals surface area contributed by atoms with Gasteiger partial charge in [-0.2, -0.15) is 0 Å². The van der Waals surface area contributed by atoms with Gasteiger partial charge in [-0.05, 0) is 39.0 Å². The smallest absolute Gasteiger partial charge is 0.315 e. The summed E-state index contributed by atoms with van der Waals surface area (Å²) in [4.78, 5) is 15.7. The highest BCUT2D eigenvalue weighted by Crippen LogP contribution is 2.30. The molecule has 0 bridgehead atoms. The van der Waals surface area contributed by atoms with Crippen LogP contribution in [0, 0.1) is 5.92 Å². The fourth-order valence-electron chi connectivity index (χ4n) is 2.54. The van der Waals surface area contributed by atoms with Crippen molar-refractivity contribution in [2.24, 2.45) is 5.92 Å². The minimum absolute atomic E-state index is 0.479. The van der Waals surface area contributed by atoms with Gasteiger partial charge in [0.25, 0.3) is 0 Å². The van der Waals surface area contributed by atoms with Gasteiger partial charge in [-0.15, -0.1) is 11.3 Å². The van der Waals surface area contributed by atoms with Gasteiger partial charge in [0, 0.05) is 11.4 Å². The molecule has 1 fully saturated rings. The lowest BCUT2D eigenvalue weighted by Crippen LogP contribution is -2.29. The number of nitrogens with one attached hydrogen (secondary N) is 1. The van der Waals surface area contributed by atoms with Crippen molar-refractivity contribution in [3.63, 3.8) is 0 Å². The molecule has 1 aliphatic rings. The van der Waals surface area contributed by atoms with Crippen LogP contribution in [-0.4, -0.2) is 22.1 Å². The van der Waals surface area contributed by atoms with Crippen LogP contribution in [0.15, 0.2) is 5.38 Å². The van der Waals surface area contributed by atoms with Crippen LogP contribution in [0.3, 0.4) is 0 Å². The molecule has 112 valence electrons. The van der Waals surface area contributed by atoms with Crippen LogP contribution >= 0.6 is 11.3 Å². The average molecular weight is 296 g/mol. The summed E-state index contributed by atoms with van der Waals surface area (Å²) < 4.78 is 0. The second-order valence-electron chi connectivity index (χ2n) is 6.42. The molecule has 2 rings (SSSR count). The topological polar surface area (TPSA) is 62.2 Å². The van der Waals surface area contributed by atoms with Crippen molar-refractivity contribution in [1.29, 1.82) is 0 Å². The highest BCUT2D eigenvalue weighted by molar-refractivity contribution is 7.13. The van der Waals surface area contributed by atoms with E-state index in [-0.39, 0.29) is 0 Å². The second kappa shape index (κ2) is 6.12. The van der Waals surface area contributed by atoms with Crippen molar-refractivity contribution in [3.05, 3.63) is 11.1 Å². The minimum Gasteiger partial charge on any atom is -0.481 e. The maximum atomic E-state index is 11.2. The number of carboxylic acids is 1. The Morgan fingerprint density at radius 2 is 2.15 bits per heavy atom. The van der Waals surface area contributed by atoms with Gasteiger partial charge in [0.1, 0.15) is 5.41 Å². The molecule has 0 amide bonds. The zero-order valence-electron chi connectivity index (χ0n) is 12.5. The van der Waals surface area contributed by atoms with Gasteiger partial charge in [-0.3, -0.25) is 4.79 Å². The van der Waals surface area contributed by atoms with E-state index in [4.69, 9.17) is 0 Å². The minimum atomic E-state index is -0.922. The molecular formula is C15H24N2O2S. The number of hydrogen-bond acceptors (Lipinski definition) is 4. The summed E-state index contributed by atoms with van der Waals surface area (Å²) in [5.74, 6) is -0.0164. The molecule has 5 heteroatoms. The third kappa shape index (κ3) is 3.51. The van der Waals surface area contributed by atoms with E-state index in [9.17, 15) is 9.90 Å². The highest BCUT2D eigenvalue weighted by Gasteiger charge is 2.32. The van der Waals surface area contributed by atoms with Crippen molar-refractivity contribution in [2.45, 2.75) is 64.3 Å². The first-order valence-electron chi connectivity index (χ1n) is 7.35. The van der Waals surface area contributed by atoms with E-state index in [0.717, 1.165) is 11.0 Å². The van der Waals surface area contributed by atoms with Crippen LogP contribution in [-0.2, 0) is 10.2 Å². The van der Waals surface area contributed by atoms with Crippen LogP contribution in [0.5, 0.6) is 0 Å². The molecule has 2 unspecified atom stereocenters. The van der Waals surface area contributed by atoms with Gasteiger partial charge in [-0.1, -0.05) is 19.8 Å². The number of aromatic nitrogens is 1. The fourth-order valence-corrected chi connectivity index (χ4v) is 3.50. The molecule has 1 heterocycles. The molecule has 20 heavy (non-hydrogen) atoms. The zero-order chi connectivity index (χ0) is 14.8. The van der Waals surface area contributed by atoms with Crippen molar-refractivity contribution in [1.82, 2.24) is 4.98 Å². The Bertz CT molecular complexity index is 470. The molecule has 2 N–H and O–H groups in total. The maximum absolute atomic E-state index is 11.2. The second-order valence-corrected chi connectivity index (χ2v) is 7.28. The van der Waals surface area contributed by atoms with Crippen molar-refractivity contribution in [3.8, 4) is 0 Å². The molecule has 0 radical (unpaired) electrons. The zero-order valence-corrected chi connectivity index (χ0v) is 13.3. The summed E-state index contributed by atoms with van der Waals surface area (Å²) >= 11 is 1.51. The van der Waals surface area contributed by atoms with Gasteiger partial charge in [0.05, 0.1) is 5.69 Å². The number of aliphatic carboxylic acids is 1. The highest BCUT2D eigenvalue weighted by atomic mass is 32.1. The number of anilines is 1. The van der Waals surface area contributed by atoms with Crippen LogP contribution in [0.4, 0.5) is 5.13 Å². The molecular weight excluding hydrogens is 272 g/mol. The summed E-state index contributed by atoms with van der Waals surface area (Å²) in [6, 6.07) is 0.479. The van der Waals surface area contributed by atoms with Crippen molar-refractivity contribution in [2.75, 3.05) is 5.32 Å². The number of carbonyl (C=O) groups is 1. The summed E-state index contributed by atoms with van der Waals surface area (Å²) in [5.41, 5.74) is -0.284. The van der Waals surface area contributed by atoms with E-state index in [1.54, 1.807) is 13.8 Å². The number of thiazole rings is 1. The van der Waals surface area contributed by atoms with Crippen LogP contribution in [0.1, 0.15) is 58.6 Å². The first-order chi connectivity index (χ1) is 9.39. The molecule has 1 aromatic rings. The van der Waals surface area contributed by atoms with Crippen molar-refractivity contribution < 1.29 is 9.90 Å². The molecule has 0 saturated heterocycles. The van der Waals surface area contributed by atoms with Gasteiger partial charge in [0.15, 0.2) is 5.13 Å². The quantitative estimate of drug-likeness (QED) is 0.828. The summed E-state index contributed by atoms with van der Waals surface area (Å²) in [5, 5.41) is 15.4. The van der Waals surface area contributed by atoms with E-state index in [1.807, 2.05) is 5.38 Å². The van der Waals surface area contributed by atoms with Gasteiger partial charge < -0.3 is 10.4 Å². The number of rotatable bonds is 4. The molecule has 0 spiro atoms. The Hall–Kier alpha value is -1.10. The Labute approximate surface area is 124 Å². The van der Waals surface area contributed by atoms with E-state index < -0.39 is 11.4 Å². The fraction of sp³-hybridized carbons (Fsp3) is 0.733. The molecule has 0 aliphatic heterocycles. The molecule has 0 aromatic carbocycles. The Kier molecular flexibility index (Phi) is 4.68. The normalized spacial score (nSPS) is 24.1. The first-order valence-corrected chi connectivity index (χ1v) is 8.23. The predicted octanol–water partition coefficient (Wildman–Crippen LogP) is 3.89. The van der Waals surface area contributed by atoms with Crippen molar-refractivity contribution >= 4 is 22.4 Å². The Morgan fingerprint density at radius 3 is 2.85 bits per heavy atom. The third-order valence-electron chi connectivity index (χ3n) is 4.26. The van der Waals surface area contributed by atoms with Gasteiger partial charge in [-0.25, -0.2) is 4.98 Å². The number of nitrogens with zero attached hydrogens (tertiary/aromatic N) is 1. The first kappa shape index (κ1) is 15.3. The lowest BCUT2D eigenvalue weighted by atomic mass is 9.90. The average Bonchev–Trinajstić information content (AvgIpc) is 2.75. The lowest BCUT2D eigenvalue weighted by Gasteiger charge is -2.17. The van der Waals surface area contributed by atoms with E-state index in [1.165, 1.54) is 43.4 Å². The van der Waals surface area contributed by atoms with E-state index in [0.29, 0.717) is 11.7 Å². The standard InChI is InChI=1S/C15H24N2O2S/c1-10-5-4-6-11(8-7-10)16-14-17-12(9-20-14)15(2,3)13(18)19/h9-11H,4-8H2,1-3H3,(H,16,17)(H,18,19). The van der Waals surface area contributed by atoms with E-state index >= 15 is 0 Å². The molecule has 1 aromatic heterocycles. The van der Waals surface area contributed by atoms with Crippen LogP contribution in [0.25, 0.3) is 0 Å². The predicted molar refractivity (Wildman–Crippen MR) is 82.4 cm³/mol. The summed E-state index contributed by atoms with van der Waals surface area (Å²) in [7, 11) is 0. The summed E-state index contributed by atoms with van der Waals surface area (Å²) in [6.07, 6.45) is 6.20. The molecule has 1 saturated carbocycles. The maximum Gasteiger partial charge on any atom is 0.315 e. The van der Waals surface area contributed by atoms with Gasteiger partial charge >= 0.3 is 5.97 Å². The molecule has 1 aliphatic carbocycles. The lowest BCUT2D eigenvalue weighted by molar-refractivity contribution is -0.142. The van der Waals surface area contributed by atoms with Crippen LogP contribution in [0.2, 0.25) is 0 Å². The molecule has 4 nitrogen and oxygen atoms in total. The Morgan fingerprint density at radius 1 is 1.40 bits per heavy atom. The monoisotopic (exact) mass is 296 g/mol. The van der Waals surface area contributed by atoms with Gasteiger partial charge in [0.2, 0.25) is 0 Å². The van der Waals surface area contributed by atoms with Crippen LogP contribution < -0.4 is 5.32 Å². The molecule has 2 atom stereocenters. The number of carboxylic acid groups (broad SMARTS) is 1. The van der Waals surface area contributed by atoms with E-state index in [2.05, 4.69) is 17.2 Å². The summed E-state index contributed by atoms with van der Waals surface area (Å²) in [6.45, 7) is 5.71. The SMILES string of the molecule is CC1CCCC(Nc2nc(C(C)(C)C(=O)O)cs2)CC1.